The zero-order chi connectivity index (χ0) is 58.5. The highest BCUT2D eigenvalue weighted by molar-refractivity contribution is 6.03. The minimum Gasteiger partial charge on any atom is -0.337 e. The normalized spacial score (nSPS) is 16.4. The third kappa shape index (κ3) is 13.7. The predicted octanol–water partition coefficient (Wildman–Crippen LogP) is 4.49. The van der Waals surface area contributed by atoms with Crippen molar-refractivity contribution in [3.8, 4) is 0 Å². The SMILES string of the molecule is CN1C(=O)C(NC(=O)c2n[nH]c(Cc3ccccc3)n2)CCc2cccnc21.CN1C(=O)[C@@H](NC(=O)c2n[nH]c(Cc3ccccc3)n2)CCc2cccnc21.CN1C(=O)[C@H](NC(=O)c2n[nH]c(Cc3ccccc3)n2)CCc2cccnc21. The second-order valence-corrected chi connectivity index (χ2v) is 20.1. The van der Waals surface area contributed by atoms with E-state index in [4.69, 9.17) is 0 Å². The Morgan fingerprint density at radius 2 is 0.690 bits per heavy atom. The molecule has 24 nitrogen and oxygen atoms in total. The van der Waals surface area contributed by atoms with Gasteiger partial charge in [-0.25, -0.2) is 29.9 Å². The van der Waals surface area contributed by atoms with E-state index < -0.39 is 35.8 Å². The average molecular weight is 1130 g/mol. The number of nitrogens with zero attached hydrogens (tertiary/aromatic N) is 12. The average Bonchev–Trinajstić information content (AvgIpc) is 4.48. The quantitative estimate of drug-likeness (QED) is 0.0982. The fraction of sp³-hybridized carbons (Fsp3) is 0.250. The molecule has 9 heterocycles. The number of fused-ring (bicyclic) bond motifs is 3. The molecule has 0 saturated heterocycles. The Morgan fingerprint density at radius 1 is 0.417 bits per heavy atom. The number of carbonyl (C=O) groups excluding carboxylic acids is 6. The number of H-pyrrole nitrogens is 3. The van der Waals surface area contributed by atoms with E-state index in [0.717, 1.165) is 33.4 Å². The summed E-state index contributed by atoms with van der Waals surface area (Å²) in [6.45, 7) is 0. The van der Waals surface area contributed by atoms with Crippen molar-refractivity contribution < 1.29 is 28.8 Å². The van der Waals surface area contributed by atoms with Crippen molar-refractivity contribution in [3.05, 3.63) is 214 Å². The van der Waals surface area contributed by atoms with Crippen molar-refractivity contribution in [2.75, 3.05) is 35.8 Å². The van der Waals surface area contributed by atoms with Crippen LogP contribution in [0, 0.1) is 0 Å². The highest BCUT2D eigenvalue weighted by Gasteiger charge is 2.34. The lowest BCUT2D eigenvalue weighted by atomic mass is 10.1. The van der Waals surface area contributed by atoms with E-state index >= 15 is 0 Å². The highest BCUT2D eigenvalue weighted by Crippen LogP contribution is 2.26. The number of anilines is 3. The largest absolute Gasteiger partial charge is 0.337 e. The zero-order valence-corrected chi connectivity index (χ0v) is 46.3. The number of hydrogen-bond donors (Lipinski definition) is 6. The third-order valence-electron chi connectivity index (χ3n) is 14.3. The minimum absolute atomic E-state index is 0.0290. The van der Waals surface area contributed by atoms with Crippen molar-refractivity contribution >= 4 is 52.9 Å². The molecule has 0 radical (unpaired) electrons. The monoisotopic (exact) mass is 1130 g/mol. The zero-order valence-electron chi connectivity index (χ0n) is 46.3. The molecule has 6 amide bonds. The maximum absolute atomic E-state index is 12.7. The molecule has 3 aliphatic heterocycles. The van der Waals surface area contributed by atoms with Crippen LogP contribution in [0.1, 0.15) is 102 Å². The van der Waals surface area contributed by atoms with Gasteiger partial charge in [0.2, 0.25) is 35.2 Å². The predicted molar refractivity (Wildman–Crippen MR) is 309 cm³/mol. The molecule has 12 rings (SSSR count). The number of benzene rings is 3. The van der Waals surface area contributed by atoms with E-state index in [2.05, 4.69) is 76.4 Å². The first-order chi connectivity index (χ1) is 40.8. The minimum atomic E-state index is -0.650. The maximum Gasteiger partial charge on any atom is 0.291 e. The number of rotatable bonds is 12. The molecule has 1 unspecified atom stereocenters. The summed E-state index contributed by atoms with van der Waals surface area (Å²) >= 11 is 0. The van der Waals surface area contributed by atoms with Crippen LogP contribution in [0.5, 0.6) is 0 Å². The van der Waals surface area contributed by atoms with Gasteiger partial charge in [-0.1, -0.05) is 109 Å². The van der Waals surface area contributed by atoms with Crippen LogP contribution < -0.4 is 30.7 Å². The summed E-state index contributed by atoms with van der Waals surface area (Å²) in [5.74, 6) is 1.74. The molecule has 0 bridgehead atoms. The molecule has 0 saturated carbocycles. The number of nitrogens with one attached hydrogen (secondary N) is 6. The van der Waals surface area contributed by atoms with Crippen molar-refractivity contribution in [2.45, 2.75) is 75.9 Å². The number of aromatic nitrogens is 12. The van der Waals surface area contributed by atoms with Crippen LogP contribution in [0.4, 0.5) is 17.5 Å². The number of carbonyl (C=O) groups is 6. The molecule has 3 aliphatic rings. The fourth-order valence-corrected chi connectivity index (χ4v) is 9.93. The van der Waals surface area contributed by atoms with Crippen molar-refractivity contribution in [3.63, 3.8) is 0 Å². The van der Waals surface area contributed by atoms with Gasteiger partial charge < -0.3 is 16.0 Å². The summed E-state index contributed by atoms with van der Waals surface area (Å²) in [5.41, 5.74) is 6.15. The van der Waals surface area contributed by atoms with E-state index in [-0.39, 0.29) is 35.2 Å². The Hall–Kier alpha value is -10.7. The van der Waals surface area contributed by atoms with Crippen LogP contribution in [0.15, 0.2) is 146 Å². The van der Waals surface area contributed by atoms with Gasteiger partial charge in [0.1, 0.15) is 53.1 Å². The Balaban J connectivity index is 0.000000140. The molecule has 6 aromatic heterocycles. The number of pyridine rings is 3. The standard InChI is InChI=1S/3C20H20N6O2/c3*1-26-18-14(8-5-11-21-18)9-10-15(20(26)28)22-19(27)17-23-16(24-25-17)12-13-6-3-2-4-7-13/h3*2-8,11,15H,9-10,12H2,1H3,(H,22,27)(H,23,24,25)/t2*15-;/m10./s1. The van der Waals surface area contributed by atoms with Gasteiger partial charge >= 0.3 is 0 Å². The Morgan fingerprint density at radius 3 is 0.964 bits per heavy atom. The second kappa shape index (κ2) is 26.3. The molecule has 0 spiro atoms. The lowest BCUT2D eigenvalue weighted by Gasteiger charge is -2.20. The van der Waals surface area contributed by atoms with E-state index in [1.807, 2.05) is 127 Å². The number of likely N-dealkylation sites (N-methyl/N-ethyl adjacent to an activating group) is 3. The van der Waals surface area contributed by atoms with E-state index in [1.165, 1.54) is 14.7 Å². The van der Waals surface area contributed by atoms with Crippen LogP contribution in [0.25, 0.3) is 0 Å². The van der Waals surface area contributed by atoms with Gasteiger partial charge in [0.15, 0.2) is 0 Å². The summed E-state index contributed by atoms with van der Waals surface area (Å²) in [4.78, 5) is 106. The van der Waals surface area contributed by atoms with Gasteiger partial charge in [0.25, 0.3) is 17.7 Å². The number of hydrogen-bond acceptors (Lipinski definition) is 15. The Kier molecular flexibility index (Phi) is 17.7. The molecule has 426 valence electrons. The lowest BCUT2D eigenvalue weighted by molar-refractivity contribution is -0.120. The third-order valence-corrected chi connectivity index (χ3v) is 14.3. The Bertz CT molecular complexity index is 3390. The summed E-state index contributed by atoms with van der Waals surface area (Å²) in [5, 5.41) is 28.7. The van der Waals surface area contributed by atoms with E-state index in [9.17, 15) is 28.8 Å². The van der Waals surface area contributed by atoms with Crippen LogP contribution in [-0.2, 0) is 52.9 Å². The molecule has 84 heavy (non-hydrogen) atoms. The number of aromatic amines is 3. The van der Waals surface area contributed by atoms with Crippen LogP contribution in [0.3, 0.4) is 0 Å². The van der Waals surface area contributed by atoms with Gasteiger partial charge in [-0.15, -0.1) is 15.3 Å². The summed E-state index contributed by atoms with van der Waals surface area (Å²) < 4.78 is 0. The van der Waals surface area contributed by atoms with E-state index in [0.29, 0.717) is 92.7 Å². The van der Waals surface area contributed by atoms with Crippen molar-refractivity contribution in [1.29, 1.82) is 0 Å². The van der Waals surface area contributed by atoms with Crippen LogP contribution in [-0.4, -0.2) is 135 Å². The fourth-order valence-electron chi connectivity index (χ4n) is 9.93. The molecule has 9 aromatic rings. The molecule has 3 aromatic carbocycles. The van der Waals surface area contributed by atoms with Gasteiger partial charge in [0, 0.05) is 59.0 Å². The van der Waals surface area contributed by atoms with Gasteiger partial charge in [0.05, 0.1) is 0 Å². The molecule has 3 atom stereocenters. The number of amides is 6. The molecule has 0 fully saturated rings. The van der Waals surface area contributed by atoms with Crippen LogP contribution >= 0.6 is 0 Å². The Labute approximate surface area is 482 Å². The van der Waals surface area contributed by atoms with Crippen molar-refractivity contribution in [2.24, 2.45) is 0 Å². The first-order valence-corrected chi connectivity index (χ1v) is 27.3. The van der Waals surface area contributed by atoms with Crippen LogP contribution in [0.2, 0.25) is 0 Å². The summed E-state index contributed by atoms with van der Waals surface area (Å²) in [6, 6.07) is 38.8. The van der Waals surface area contributed by atoms with Gasteiger partial charge in [-0.05, 0) is 90.1 Å². The first-order valence-electron chi connectivity index (χ1n) is 27.3. The summed E-state index contributed by atoms with van der Waals surface area (Å²) in [7, 11) is 5.01. The summed E-state index contributed by atoms with van der Waals surface area (Å²) in [6.07, 6.45) is 10.1. The molecule has 0 aliphatic carbocycles. The molecule has 6 N–H and O–H groups in total. The van der Waals surface area contributed by atoms with Gasteiger partial charge in [-0.2, -0.15) is 0 Å². The topological polar surface area (TPSA) is 312 Å². The van der Waals surface area contributed by atoms with E-state index in [1.54, 1.807) is 39.7 Å². The second-order valence-electron chi connectivity index (χ2n) is 20.1. The lowest BCUT2D eigenvalue weighted by Crippen LogP contribution is -2.47. The number of aryl methyl sites for hydroxylation is 3. The highest BCUT2D eigenvalue weighted by atomic mass is 16.2. The van der Waals surface area contributed by atoms with Gasteiger partial charge in [-0.3, -0.25) is 58.8 Å². The first kappa shape index (κ1) is 56.6. The van der Waals surface area contributed by atoms with Crippen molar-refractivity contribution in [1.82, 2.24) is 76.4 Å². The molecular formula is C60H60N18O6. The molecular weight excluding hydrogens is 1070 g/mol. The smallest absolute Gasteiger partial charge is 0.291 e. The maximum atomic E-state index is 12.7. The molecule has 24 heteroatoms.